The fraction of sp³-hybridized carbons (Fsp3) is 0.250. The van der Waals surface area contributed by atoms with Crippen LogP contribution in [0.15, 0.2) is 54.6 Å². The van der Waals surface area contributed by atoms with Crippen LogP contribution in [0.25, 0.3) is 0 Å². The zero-order chi connectivity index (χ0) is 13.5. The van der Waals surface area contributed by atoms with Gasteiger partial charge in [-0.2, -0.15) is 0 Å². The van der Waals surface area contributed by atoms with Crippen LogP contribution >= 0.6 is 0 Å². The molecule has 0 bridgehead atoms. The van der Waals surface area contributed by atoms with Crippen LogP contribution in [0, 0.1) is 0 Å². The van der Waals surface area contributed by atoms with Crippen molar-refractivity contribution in [2.45, 2.75) is 12.5 Å². The lowest BCUT2D eigenvalue weighted by molar-refractivity contribution is 0.195. The molecular formula is C16H19NO2. The molecular weight excluding hydrogens is 238 g/mol. The second-order valence-corrected chi connectivity index (χ2v) is 4.40. The summed E-state index contributed by atoms with van der Waals surface area (Å²) in [7, 11) is 1.93. The third kappa shape index (κ3) is 4.00. The third-order valence-corrected chi connectivity index (χ3v) is 2.94. The Morgan fingerprint density at radius 2 is 1.74 bits per heavy atom. The molecule has 0 saturated carbocycles. The first kappa shape index (κ1) is 13.4. The lowest BCUT2D eigenvalue weighted by atomic mass is 10.1. The molecule has 1 unspecified atom stereocenters. The molecule has 2 N–H and O–H groups in total. The zero-order valence-electron chi connectivity index (χ0n) is 11.0. The minimum Gasteiger partial charge on any atom is -0.508 e. The molecule has 0 aliphatic rings. The Morgan fingerprint density at radius 1 is 1.05 bits per heavy atom. The Hall–Kier alpha value is -2.00. The molecule has 3 nitrogen and oxygen atoms in total. The monoisotopic (exact) mass is 257 g/mol. The van der Waals surface area contributed by atoms with Gasteiger partial charge in [0, 0.05) is 6.42 Å². The first-order valence-corrected chi connectivity index (χ1v) is 6.45. The first-order chi connectivity index (χ1) is 9.29. The minimum absolute atomic E-state index is 0.0122. The van der Waals surface area contributed by atoms with E-state index in [0.29, 0.717) is 0 Å². The summed E-state index contributed by atoms with van der Waals surface area (Å²) in [6.45, 7) is 0.887. The highest BCUT2D eigenvalue weighted by Crippen LogP contribution is 2.25. The average Bonchev–Trinajstić information content (AvgIpc) is 2.46. The zero-order valence-corrected chi connectivity index (χ0v) is 11.0. The van der Waals surface area contributed by atoms with Crippen molar-refractivity contribution < 1.29 is 9.84 Å². The SMILES string of the molecule is CNCCC(Oc1ccc(O)cc1)c1ccccc1. The van der Waals surface area contributed by atoms with Gasteiger partial charge in [-0.25, -0.2) is 0 Å². The molecule has 2 aromatic carbocycles. The van der Waals surface area contributed by atoms with Crippen molar-refractivity contribution in [2.75, 3.05) is 13.6 Å². The van der Waals surface area contributed by atoms with Crippen molar-refractivity contribution in [1.29, 1.82) is 0 Å². The number of nitrogens with one attached hydrogen (secondary N) is 1. The van der Waals surface area contributed by atoms with Gasteiger partial charge in [0.15, 0.2) is 0 Å². The molecule has 0 radical (unpaired) electrons. The minimum atomic E-state index is 0.0122. The molecule has 19 heavy (non-hydrogen) atoms. The van der Waals surface area contributed by atoms with Crippen LogP contribution in [0.5, 0.6) is 11.5 Å². The van der Waals surface area contributed by atoms with Gasteiger partial charge in [-0.1, -0.05) is 30.3 Å². The maximum atomic E-state index is 9.28. The molecule has 3 heteroatoms. The van der Waals surface area contributed by atoms with Crippen LogP contribution in [-0.4, -0.2) is 18.7 Å². The first-order valence-electron chi connectivity index (χ1n) is 6.45. The van der Waals surface area contributed by atoms with Crippen LogP contribution in [0.1, 0.15) is 18.1 Å². The molecule has 0 aliphatic heterocycles. The summed E-state index contributed by atoms with van der Waals surface area (Å²) in [5.74, 6) is 1.02. The van der Waals surface area contributed by atoms with E-state index in [4.69, 9.17) is 4.74 Å². The van der Waals surface area contributed by atoms with Gasteiger partial charge in [0.25, 0.3) is 0 Å². The van der Waals surface area contributed by atoms with Crippen molar-refractivity contribution in [2.24, 2.45) is 0 Å². The van der Waals surface area contributed by atoms with Gasteiger partial charge in [0.05, 0.1) is 0 Å². The van der Waals surface area contributed by atoms with E-state index >= 15 is 0 Å². The fourth-order valence-electron chi connectivity index (χ4n) is 1.93. The highest BCUT2D eigenvalue weighted by atomic mass is 16.5. The molecule has 2 rings (SSSR count). The van der Waals surface area contributed by atoms with E-state index in [9.17, 15) is 5.11 Å². The van der Waals surface area contributed by atoms with Crippen molar-refractivity contribution in [1.82, 2.24) is 5.32 Å². The number of rotatable bonds is 6. The highest BCUT2D eigenvalue weighted by molar-refractivity contribution is 5.31. The standard InChI is InChI=1S/C16H19NO2/c1-17-12-11-16(13-5-3-2-4-6-13)19-15-9-7-14(18)8-10-15/h2-10,16-18H,11-12H2,1H3. The normalized spacial score (nSPS) is 12.1. The van der Waals surface area contributed by atoms with Gasteiger partial charge >= 0.3 is 0 Å². The van der Waals surface area contributed by atoms with Crippen LogP contribution in [0.2, 0.25) is 0 Å². The number of phenols is 1. The lowest BCUT2D eigenvalue weighted by Crippen LogP contribution is -2.16. The predicted molar refractivity (Wildman–Crippen MR) is 76.5 cm³/mol. The molecule has 0 fully saturated rings. The molecule has 1 atom stereocenters. The molecule has 100 valence electrons. The summed E-state index contributed by atoms with van der Waals surface area (Å²) >= 11 is 0. The van der Waals surface area contributed by atoms with Gasteiger partial charge in [-0.3, -0.25) is 0 Å². The number of ether oxygens (including phenoxy) is 1. The molecule has 0 aromatic heterocycles. The Labute approximate surface area is 113 Å². The fourth-order valence-corrected chi connectivity index (χ4v) is 1.93. The Balaban J connectivity index is 2.11. The quantitative estimate of drug-likeness (QED) is 0.835. The van der Waals surface area contributed by atoms with Gasteiger partial charge < -0.3 is 15.2 Å². The maximum absolute atomic E-state index is 9.28. The topological polar surface area (TPSA) is 41.5 Å². The van der Waals surface area contributed by atoms with Gasteiger partial charge in [-0.15, -0.1) is 0 Å². The summed E-state index contributed by atoms with van der Waals surface area (Å²) in [6, 6.07) is 17.0. The summed E-state index contributed by atoms with van der Waals surface area (Å²) < 4.78 is 6.01. The molecule has 0 aliphatic carbocycles. The van der Waals surface area contributed by atoms with Crippen molar-refractivity contribution in [3.05, 3.63) is 60.2 Å². The van der Waals surface area contributed by atoms with Gasteiger partial charge in [-0.05, 0) is 43.4 Å². The predicted octanol–water partition coefficient (Wildman–Crippen LogP) is 3.12. The van der Waals surface area contributed by atoms with Gasteiger partial charge in [0.2, 0.25) is 0 Å². The molecule has 2 aromatic rings. The van der Waals surface area contributed by atoms with Gasteiger partial charge in [0.1, 0.15) is 17.6 Å². The lowest BCUT2D eigenvalue weighted by Gasteiger charge is -2.19. The molecule has 0 saturated heterocycles. The highest BCUT2D eigenvalue weighted by Gasteiger charge is 2.12. The number of hydrogen-bond acceptors (Lipinski definition) is 3. The smallest absolute Gasteiger partial charge is 0.125 e. The van der Waals surface area contributed by atoms with E-state index in [1.807, 2.05) is 25.2 Å². The second-order valence-electron chi connectivity index (χ2n) is 4.40. The van der Waals surface area contributed by atoms with Crippen LogP contribution in [0.3, 0.4) is 0 Å². The number of phenolic OH excluding ortho intramolecular Hbond substituents is 1. The third-order valence-electron chi connectivity index (χ3n) is 2.94. The van der Waals surface area contributed by atoms with E-state index in [1.165, 1.54) is 0 Å². The van der Waals surface area contributed by atoms with E-state index in [1.54, 1.807) is 24.3 Å². The Kier molecular flexibility index (Phi) is 4.81. The maximum Gasteiger partial charge on any atom is 0.125 e. The van der Waals surface area contributed by atoms with E-state index < -0.39 is 0 Å². The van der Waals surface area contributed by atoms with Crippen LogP contribution < -0.4 is 10.1 Å². The number of hydrogen-bond donors (Lipinski definition) is 2. The summed E-state index contributed by atoms with van der Waals surface area (Å²) in [5.41, 5.74) is 1.16. The Bertz CT molecular complexity index is 482. The van der Waals surface area contributed by atoms with Crippen molar-refractivity contribution in [3.8, 4) is 11.5 Å². The van der Waals surface area contributed by atoms with E-state index in [0.717, 1.165) is 24.3 Å². The summed E-state index contributed by atoms with van der Waals surface area (Å²) in [5, 5.41) is 12.4. The van der Waals surface area contributed by atoms with E-state index in [-0.39, 0.29) is 11.9 Å². The van der Waals surface area contributed by atoms with Crippen LogP contribution in [-0.2, 0) is 0 Å². The largest absolute Gasteiger partial charge is 0.508 e. The average molecular weight is 257 g/mol. The summed E-state index contributed by atoms with van der Waals surface area (Å²) in [6.07, 6.45) is 0.902. The molecule has 0 spiro atoms. The van der Waals surface area contributed by atoms with Crippen LogP contribution in [0.4, 0.5) is 0 Å². The number of aromatic hydroxyl groups is 1. The second kappa shape index (κ2) is 6.81. The van der Waals surface area contributed by atoms with E-state index in [2.05, 4.69) is 17.4 Å². The Morgan fingerprint density at radius 3 is 2.37 bits per heavy atom. The van der Waals surface area contributed by atoms with Crippen molar-refractivity contribution in [3.63, 3.8) is 0 Å². The van der Waals surface area contributed by atoms with Crippen molar-refractivity contribution >= 4 is 0 Å². The summed E-state index contributed by atoms with van der Waals surface area (Å²) in [4.78, 5) is 0. The molecule has 0 amide bonds. The number of benzene rings is 2. The molecule has 0 heterocycles.